The van der Waals surface area contributed by atoms with Gasteiger partial charge in [0.15, 0.2) is 0 Å². The van der Waals surface area contributed by atoms with Gasteiger partial charge in [0.25, 0.3) is 0 Å². The number of benzene rings is 1. The second-order valence-electron chi connectivity index (χ2n) is 4.21. The van der Waals surface area contributed by atoms with E-state index < -0.39 is 0 Å². The van der Waals surface area contributed by atoms with Crippen LogP contribution in [-0.2, 0) is 6.54 Å². The molecule has 1 saturated carbocycles. The zero-order valence-electron chi connectivity index (χ0n) is 8.80. The molecule has 0 radical (unpaired) electrons. The quantitative estimate of drug-likeness (QED) is 0.768. The average Bonchev–Trinajstić information content (AvgIpc) is 2.85. The summed E-state index contributed by atoms with van der Waals surface area (Å²) in [5.41, 5.74) is 3.68. The summed E-state index contributed by atoms with van der Waals surface area (Å²) in [6.45, 7) is 5.04. The maximum absolute atomic E-state index is 9.39. The molecule has 0 heterocycles. The second kappa shape index (κ2) is 3.62. The minimum Gasteiger partial charge on any atom is -0.508 e. The maximum Gasteiger partial charge on any atom is 0.116 e. The Hall–Kier alpha value is -1.02. The topological polar surface area (TPSA) is 32.3 Å². The Balaban J connectivity index is 2.13. The van der Waals surface area contributed by atoms with E-state index in [1.165, 1.54) is 29.5 Å². The summed E-state index contributed by atoms with van der Waals surface area (Å²) in [7, 11) is 0. The number of phenols is 1. The largest absolute Gasteiger partial charge is 0.508 e. The van der Waals surface area contributed by atoms with Gasteiger partial charge in [-0.15, -0.1) is 0 Å². The van der Waals surface area contributed by atoms with Gasteiger partial charge < -0.3 is 10.4 Å². The minimum atomic E-state index is 0.371. The summed E-state index contributed by atoms with van der Waals surface area (Å²) in [5.74, 6) is 0.371. The molecular weight excluding hydrogens is 174 g/mol. The summed E-state index contributed by atoms with van der Waals surface area (Å²) in [6, 6.07) is 4.40. The van der Waals surface area contributed by atoms with Crippen LogP contribution in [0.25, 0.3) is 0 Å². The SMILES string of the molecule is Cc1cc(O)cc(C)c1CNC1CC1. The molecule has 0 bridgehead atoms. The summed E-state index contributed by atoms with van der Waals surface area (Å²) >= 11 is 0. The van der Waals surface area contributed by atoms with E-state index in [2.05, 4.69) is 19.2 Å². The summed E-state index contributed by atoms with van der Waals surface area (Å²) in [6.07, 6.45) is 2.63. The van der Waals surface area contributed by atoms with Gasteiger partial charge in [0.05, 0.1) is 0 Å². The molecule has 14 heavy (non-hydrogen) atoms. The molecule has 0 unspecified atom stereocenters. The molecule has 0 atom stereocenters. The number of aryl methyl sites for hydroxylation is 2. The van der Waals surface area contributed by atoms with Crippen molar-refractivity contribution in [1.82, 2.24) is 5.32 Å². The van der Waals surface area contributed by atoms with Crippen LogP contribution in [0.2, 0.25) is 0 Å². The fourth-order valence-corrected chi connectivity index (χ4v) is 1.78. The molecule has 0 amide bonds. The molecule has 1 aliphatic rings. The Bertz CT molecular complexity index is 319. The maximum atomic E-state index is 9.39. The van der Waals surface area contributed by atoms with E-state index in [4.69, 9.17) is 0 Å². The lowest BCUT2D eigenvalue weighted by molar-refractivity contribution is 0.474. The Morgan fingerprint density at radius 2 is 1.86 bits per heavy atom. The normalized spacial score (nSPS) is 15.9. The standard InChI is InChI=1S/C12H17NO/c1-8-5-11(14)6-9(2)12(8)7-13-10-3-4-10/h5-6,10,13-14H,3-4,7H2,1-2H3. The average molecular weight is 191 g/mol. The summed E-state index contributed by atoms with van der Waals surface area (Å²) in [5, 5.41) is 12.9. The van der Waals surface area contributed by atoms with E-state index in [1.54, 1.807) is 0 Å². The van der Waals surface area contributed by atoms with Gasteiger partial charge in [-0.2, -0.15) is 0 Å². The van der Waals surface area contributed by atoms with Crippen LogP contribution >= 0.6 is 0 Å². The fourth-order valence-electron chi connectivity index (χ4n) is 1.78. The van der Waals surface area contributed by atoms with E-state index in [0.29, 0.717) is 5.75 Å². The number of aromatic hydroxyl groups is 1. The van der Waals surface area contributed by atoms with Gasteiger partial charge in [-0.3, -0.25) is 0 Å². The van der Waals surface area contributed by atoms with E-state index in [-0.39, 0.29) is 0 Å². The van der Waals surface area contributed by atoms with E-state index in [9.17, 15) is 5.11 Å². The van der Waals surface area contributed by atoms with Crippen molar-refractivity contribution in [2.24, 2.45) is 0 Å². The molecule has 0 aromatic heterocycles. The van der Waals surface area contributed by atoms with Crippen LogP contribution in [0.3, 0.4) is 0 Å². The van der Waals surface area contributed by atoms with Crippen molar-refractivity contribution in [3.8, 4) is 5.75 Å². The van der Waals surface area contributed by atoms with Crippen LogP contribution in [0.5, 0.6) is 5.75 Å². The molecule has 2 N–H and O–H groups in total. The van der Waals surface area contributed by atoms with Crippen LogP contribution in [-0.4, -0.2) is 11.1 Å². The molecule has 2 rings (SSSR count). The van der Waals surface area contributed by atoms with Gasteiger partial charge >= 0.3 is 0 Å². The van der Waals surface area contributed by atoms with Gasteiger partial charge in [0, 0.05) is 12.6 Å². The lowest BCUT2D eigenvalue weighted by Gasteiger charge is -2.11. The number of rotatable bonds is 3. The second-order valence-corrected chi connectivity index (χ2v) is 4.21. The highest BCUT2D eigenvalue weighted by Gasteiger charge is 2.20. The van der Waals surface area contributed by atoms with E-state index >= 15 is 0 Å². The molecule has 0 spiro atoms. The molecule has 2 heteroatoms. The third-order valence-corrected chi connectivity index (χ3v) is 2.83. The highest BCUT2D eigenvalue weighted by Crippen LogP contribution is 2.23. The Morgan fingerprint density at radius 1 is 1.29 bits per heavy atom. The molecule has 1 fully saturated rings. The molecule has 1 aliphatic carbocycles. The van der Waals surface area contributed by atoms with Crippen molar-refractivity contribution in [3.05, 3.63) is 28.8 Å². The number of hydrogen-bond acceptors (Lipinski definition) is 2. The molecule has 1 aromatic carbocycles. The molecule has 1 aromatic rings. The lowest BCUT2D eigenvalue weighted by atomic mass is 10.0. The Morgan fingerprint density at radius 3 is 2.36 bits per heavy atom. The van der Waals surface area contributed by atoms with Crippen molar-refractivity contribution < 1.29 is 5.11 Å². The first kappa shape index (κ1) is 9.53. The van der Waals surface area contributed by atoms with E-state index in [1.807, 2.05) is 12.1 Å². The van der Waals surface area contributed by atoms with Crippen molar-refractivity contribution >= 4 is 0 Å². The van der Waals surface area contributed by atoms with Crippen LogP contribution in [0.4, 0.5) is 0 Å². The Labute approximate surface area is 85.0 Å². The zero-order chi connectivity index (χ0) is 10.1. The third-order valence-electron chi connectivity index (χ3n) is 2.83. The van der Waals surface area contributed by atoms with E-state index in [0.717, 1.165) is 12.6 Å². The van der Waals surface area contributed by atoms with Gasteiger partial charge in [0.1, 0.15) is 5.75 Å². The third kappa shape index (κ3) is 2.07. The van der Waals surface area contributed by atoms with Crippen molar-refractivity contribution in [2.75, 3.05) is 0 Å². The highest BCUT2D eigenvalue weighted by atomic mass is 16.3. The summed E-state index contributed by atoms with van der Waals surface area (Å²) in [4.78, 5) is 0. The first-order chi connectivity index (χ1) is 6.66. The van der Waals surface area contributed by atoms with Gasteiger partial charge in [-0.05, 0) is 55.5 Å². The lowest BCUT2D eigenvalue weighted by Crippen LogP contribution is -2.16. The van der Waals surface area contributed by atoms with Crippen molar-refractivity contribution in [3.63, 3.8) is 0 Å². The van der Waals surface area contributed by atoms with Crippen LogP contribution in [0.1, 0.15) is 29.5 Å². The van der Waals surface area contributed by atoms with Gasteiger partial charge in [0.2, 0.25) is 0 Å². The number of nitrogens with one attached hydrogen (secondary N) is 1. The number of hydrogen-bond donors (Lipinski definition) is 2. The zero-order valence-corrected chi connectivity index (χ0v) is 8.80. The van der Waals surface area contributed by atoms with Crippen molar-refractivity contribution in [1.29, 1.82) is 0 Å². The first-order valence-electron chi connectivity index (χ1n) is 5.19. The minimum absolute atomic E-state index is 0.371. The summed E-state index contributed by atoms with van der Waals surface area (Å²) < 4.78 is 0. The molecule has 0 saturated heterocycles. The molecule has 76 valence electrons. The smallest absolute Gasteiger partial charge is 0.116 e. The fraction of sp³-hybridized carbons (Fsp3) is 0.500. The Kier molecular flexibility index (Phi) is 2.46. The van der Waals surface area contributed by atoms with Gasteiger partial charge in [-0.1, -0.05) is 0 Å². The molecular formula is C12H17NO. The molecule has 0 aliphatic heterocycles. The van der Waals surface area contributed by atoms with Crippen LogP contribution in [0.15, 0.2) is 12.1 Å². The predicted octanol–water partition coefficient (Wildman–Crippen LogP) is 2.26. The number of phenolic OH excluding ortho intramolecular Hbond substituents is 1. The molecule has 2 nitrogen and oxygen atoms in total. The monoisotopic (exact) mass is 191 g/mol. The van der Waals surface area contributed by atoms with Gasteiger partial charge in [-0.25, -0.2) is 0 Å². The van der Waals surface area contributed by atoms with Crippen molar-refractivity contribution in [2.45, 2.75) is 39.3 Å². The first-order valence-corrected chi connectivity index (χ1v) is 5.19. The van der Waals surface area contributed by atoms with Crippen LogP contribution in [0, 0.1) is 13.8 Å². The van der Waals surface area contributed by atoms with Crippen LogP contribution < -0.4 is 5.32 Å². The predicted molar refractivity (Wildman–Crippen MR) is 57.4 cm³/mol. The highest BCUT2D eigenvalue weighted by molar-refractivity contribution is 5.40.